The summed E-state index contributed by atoms with van der Waals surface area (Å²) in [5.74, 6) is 0.412. The first kappa shape index (κ1) is 12.9. The molecule has 1 rings (SSSR count). The number of hydrogen-bond donors (Lipinski definition) is 0. The summed E-state index contributed by atoms with van der Waals surface area (Å²) in [6, 6.07) is 1.77. The molecule has 0 aliphatic heterocycles. The predicted molar refractivity (Wildman–Crippen MR) is 63.8 cm³/mol. The van der Waals surface area contributed by atoms with E-state index in [1.807, 2.05) is 13.8 Å². The van der Waals surface area contributed by atoms with Crippen molar-refractivity contribution >= 4 is 17.5 Å². The Labute approximate surface area is 101 Å². The number of amides is 1. The minimum Gasteiger partial charge on any atom is -0.338 e. The second-order valence-electron chi connectivity index (χ2n) is 3.56. The van der Waals surface area contributed by atoms with Gasteiger partial charge in [0, 0.05) is 19.0 Å². The SMILES string of the molecule is CCN(CCCl)C(=O)c1cc(C)nnc1C. The first-order chi connectivity index (χ1) is 7.60. The summed E-state index contributed by atoms with van der Waals surface area (Å²) < 4.78 is 0. The number of hydrogen-bond acceptors (Lipinski definition) is 3. The lowest BCUT2D eigenvalue weighted by Crippen LogP contribution is -2.33. The molecule has 0 saturated carbocycles. The van der Waals surface area contributed by atoms with Crippen LogP contribution in [0.15, 0.2) is 6.07 Å². The first-order valence-electron chi connectivity index (χ1n) is 5.26. The Kier molecular flexibility index (Phi) is 4.68. The lowest BCUT2D eigenvalue weighted by molar-refractivity contribution is 0.0772. The molecule has 1 aromatic rings. The molecule has 0 aliphatic rings. The lowest BCUT2D eigenvalue weighted by Gasteiger charge is -2.20. The molecule has 0 atom stereocenters. The van der Waals surface area contributed by atoms with Crippen LogP contribution in [-0.4, -0.2) is 40.0 Å². The van der Waals surface area contributed by atoms with Crippen LogP contribution in [-0.2, 0) is 0 Å². The highest BCUT2D eigenvalue weighted by Crippen LogP contribution is 2.09. The van der Waals surface area contributed by atoms with Crippen LogP contribution < -0.4 is 0 Å². The lowest BCUT2D eigenvalue weighted by atomic mass is 10.1. The molecule has 88 valence electrons. The van der Waals surface area contributed by atoms with Gasteiger partial charge in [-0.25, -0.2) is 0 Å². The zero-order valence-electron chi connectivity index (χ0n) is 9.83. The van der Waals surface area contributed by atoms with Crippen LogP contribution in [0, 0.1) is 13.8 Å². The third kappa shape index (κ3) is 2.92. The fourth-order valence-corrected chi connectivity index (χ4v) is 1.65. The molecule has 4 nitrogen and oxygen atoms in total. The van der Waals surface area contributed by atoms with Crippen molar-refractivity contribution in [2.45, 2.75) is 20.8 Å². The average Bonchev–Trinajstić information content (AvgIpc) is 2.28. The maximum absolute atomic E-state index is 12.1. The predicted octanol–water partition coefficient (Wildman–Crippen LogP) is 1.79. The van der Waals surface area contributed by atoms with Gasteiger partial charge in [-0.15, -0.1) is 11.6 Å². The van der Waals surface area contributed by atoms with Crippen molar-refractivity contribution in [3.05, 3.63) is 23.0 Å². The molecule has 5 heteroatoms. The van der Waals surface area contributed by atoms with Gasteiger partial charge < -0.3 is 4.90 Å². The molecule has 0 N–H and O–H groups in total. The van der Waals surface area contributed by atoms with Crippen LogP contribution in [0.3, 0.4) is 0 Å². The van der Waals surface area contributed by atoms with Gasteiger partial charge in [0.15, 0.2) is 0 Å². The van der Waals surface area contributed by atoms with E-state index in [4.69, 9.17) is 11.6 Å². The number of rotatable bonds is 4. The van der Waals surface area contributed by atoms with Crippen LogP contribution in [0.25, 0.3) is 0 Å². The normalized spacial score (nSPS) is 10.2. The van der Waals surface area contributed by atoms with E-state index in [0.29, 0.717) is 30.2 Å². The Balaban J connectivity index is 2.98. The van der Waals surface area contributed by atoms with Gasteiger partial charge in [0.05, 0.1) is 17.0 Å². The second kappa shape index (κ2) is 5.80. The van der Waals surface area contributed by atoms with Gasteiger partial charge >= 0.3 is 0 Å². The van der Waals surface area contributed by atoms with Crippen LogP contribution in [0.4, 0.5) is 0 Å². The fraction of sp³-hybridized carbons (Fsp3) is 0.545. The van der Waals surface area contributed by atoms with E-state index in [0.717, 1.165) is 5.69 Å². The molecule has 1 aromatic heterocycles. The molecule has 0 bridgehead atoms. The molecule has 1 heterocycles. The van der Waals surface area contributed by atoms with Crippen LogP contribution in [0.2, 0.25) is 0 Å². The zero-order valence-corrected chi connectivity index (χ0v) is 10.6. The molecule has 16 heavy (non-hydrogen) atoms. The van der Waals surface area contributed by atoms with Gasteiger partial charge in [0.25, 0.3) is 5.91 Å². The number of alkyl halides is 1. The van der Waals surface area contributed by atoms with E-state index in [2.05, 4.69) is 10.2 Å². The highest BCUT2D eigenvalue weighted by Gasteiger charge is 2.16. The van der Waals surface area contributed by atoms with Crippen LogP contribution >= 0.6 is 11.6 Å². The molecule has 0 unspecified atom stereocenters. The first-order valence-corrected chi connectivity index (χ1v) is 5.79. The Hall–Kier alpha value is -1.16. The maximum atomic E-state index is 12.1. The Bertz CT molecular complexity index is 381. The number of carbonyl (C=O) groups is 1. The summed E-state index contributed by atoms with van der Waals surface area (Å²) >= 11 is 5.66. The molecule has 0 aromatic carbocycles. The molecule has 0 aliphatic carbocycles. The standard InChI is InChI=1S/C11H16ClN3O/c1-4-15(6-5-12)11(16)10-7-8(2)13-14-9(10)3/h7H,4-6H2,1-3H3. The Morgan fingerprint density at radius 2 is 2.12 bits per heavy atom. The number of aromatic nitrogens is 2. The van der Waals surface area contributed by atoms with E-state index < -0.39 is 0 Å². The third-order valence-electron chi connectivity index (χ3n) is 2.35. The summed E-state index contributed by atoms with van der Waals surface area (Å²) in [7, 11) is 0. The zero-order chi connectivity index (χ0) is 12.1. The summed E-state index contributed by atoms with van der Waals surface area (Å²) in [6.45, 7) is 6.74. The monoisotopic (exact) mass is 241 g/mol. The Morgan fingerprint density at radius 3 is 2.69 bits per heavy atom. The summed E-state index contributed by atoms with van der Waals surface area (Å²) in [5, 5.41) is 7.85. The highest BCUT2D eigenvalue weighted by atomic mass is 35.5. The van der Waals surface area contributed by atoms with Gasteiger partial charge in [-0.05, 0) is 26.8 Å². The quantitative estimate of drug-likeness (QED) is 0.755. The van der Waals surface area contributed by atoms with Crippen molar-refractivity contribution in [3.8, 4) is 0 Å². The Morgan fingerprint density at radius 1 is 1.44 bits per heavy atom. The van der Waals surface area contributed by atoms with Gasteiger partial charge in [-0.2, -0.15) is 10.2 Å². The van der Waals surface area contributed by atoms with E-state index in [-0.39, 0.29) is 5.91 Å². The van der Waals surface area contributed by atoms with E-state index >= 15 is 0 Å². The van der Waals surface area contributed by atoms with Gasteiger partial charge in [0.2, 0.25) is 0 Å². The average molecular weight is 242 g/mol. The topological polar surface area (TPSA) is 46.1 Å². The van der Waals surface area contributed by atoms with Gasteiger partial charge in [-0.1, -0.05) is 0 Å². The van der Waals surface area contributed by atoms with Crippen molar-refractivity contribution in [2.75, 3.05) is 19.0 Å². The van der Waals surface area contributed by atoms with Crippen molar-refractivity contribution < 1.29 is 4.79 Å². The summed E-state index contributed by atoms with van der Waals surface area (Å²) in [6.07, 6.45) is 0. The van der Waals surface area contributed by atoms with E-state index in [1.165, 1.54) is 0 Å². The number of nitrogens with zero attached hydrogens (tertiary/aromatic N) is 3. The maximum Gasteiger partial charge on any atom is 0.255 e. The third-order valence-corrected chi connectivity index (χ3v) is 2.52. The van der Waals surface area contributed by atoms with Crippen molar-refractivity contribution in [3.63, 3.8) is 0 Å². The van der Waals surface area contributed by atoms with Gasteiger partial charge in [0.1, 0.15) is 0 Å². The smallest absolute Gasteiger partial charge is 0.255 e. The number of aryl methyl sites for hydroxylation is 2. The highest BCUT2D eigenvalue weighted by molar-refractivity contribution is 6.18. The second-order valence-corrected chi connectivity index (χ2v) is 3.94. The number of carbonyl (C=O) groups excluding carboxylic acids is 1. The van der Waals surface area contributed by atoms with Gasteiger partial charge in [-0.3, -0.25) is 4.79 Å². The summed E-state index contributed by atoms with van der Waals surface area (Å²) in [4.78, 5) is 13.8. The number of halogens is 1. The largest absolute Gasteiger partial charge is 0.338 e. The van der Waals surface area contributed by atoms with E-state index in [9.17, 15) is 4.79 Å². The molecule has 0 saturated heterocycles. The van der Waals surface area contributed by atoms with Crippen LogP contribution in [0.5, 0.6) is 0 Å². The van der Waals surface area contributed by atoms with Crippen LogP contribution in [0.1, 0.15) is 28.7 Å². The fourth-order valence-electron chi connectivity index (χ4n) is 1.44. The molecule has 0 radical (unpaired) electrons. The van der Waals surface area contributed by atoms with Crippen molar-refractivity contribution in [1.29, 1.82) is 0 Å². The molecule has 0 spiro atoms. The molecular weight excluding hydrogens is 226 g/mol. The van der Waals surface area contributed by atoms with Crippen molar-refractivity contribution in [2.24, 2.45) is 0 Å². The molecule has 0 fully saturated rings. The minimum absolute atomic E-state index is 0.0290. The molecule has 1 amide bonds. The summed E-state index contributed by atoms with van der Waals surface area (Å²) in [5.41, 5.74) is 2.01. The molecular formula is C11H16ClN3O. The van der Waals surface area contributed by atoms with Crippen molar-refractivity contribution in [1.82, 2.24) is 15.1 Å². The minimum atomic E-state index is -0.0290. The van der Waals surface area contributed by atoms with E-state index in [1.54, 1.807) is 17.9 Å².